The molecule has 0 radical (unpaired) electrons. The van der Waals surface area contributed by atoms with Gasteiger partial charge < -0.3 is 15.6 Å². The number of aryl methyl sites for hydroxylation is 2. The van der Waals surface area contributed by atoms with E-state index in [0.717, 1.165) is 34.2 Å². The first-order valence-corrected chi connectivity index (χ1v) is 10.9. The molecule has 5 nitrogen and oxygen atoms in total. The fourth-order valence-corrected chi connectivity index (χ4v) is 3.81. The van der Waals surface area contributed by atoms with Crippen LogP contribution in [0.2, 0.25) is 0 Å². The topological polar surface area (TPSA) is 85.4 Å². The van der Waals surface area contributed by atoms with Gasteiger partial charge >= 0.3 is 5.97 Å². The fourth-order valence-electron chi connectivity index (χ4n) is 3.81. The molecule has 0 unspecified atom stereocenters. The van der Waals surface area contributed by atoms with Crippen molar-refractivity contribution in [3.05, 3.63) is 101 Å². The summed E-state index contributed by atoms with van der Waals surface area (Å²) >= 11 is 0. The first kappa shape index (κ1) is 22.2. The van der Waals surface area contributed by atoms with Gasteiger partial charge in [0.1, 0.15) is 5.75 Å². The quantitative estimate of drug-likeness (QED) is 0.357. The Bertz CT molecular complexity index is 1310. The molecule has 4 aromatic rings. The Kier molecular flexibility index (Phi) is 6.52. The van der Waals surface area contributed by atoms with E-state index in [0.29, 0.717) is 29.4 Å². The van der Waals surface area contributed by atoms with E-state index in [4.69, 9.17) is 10.5 Å². The molecule has 1 heterocycles. The van der Waals surface area contributed by atoms with Gasteiger partial charge in [0.05, 0.1) is 11.3 Å². The number of aromatic carboxylic acids is 1. The third-order valence-corrected chi connectivity index (χ3v) is 5.49. The van der Waals surface area contributed by atoms with Crippen LogP contribution in [0, 0.1) is 6.92 Å². The first-order chi connectivity index (χ1) is 16.0. The van der Waals surface area contributed by atoms with Crippen molar-refractivity contribution >= 4 is 5.97 Å². The first-order valence-electron chi connectivity index (χ1n) is 10.9. The minimum atomic E-state index is -0.976. The number of nitrogens with zero attached hydrogens (tertiary/aromatic N) is 1. The molecule has 0 aliphatic carbocycles. The molecule has 1 aromatic heterocycles. The summed E-state index contributed by atoms with van der Waals surface area (Å²) < 4.78 is 6.10. The van der Waals surface area contributed by atoms with E-state index < -0.39 is 5.97 Å². The van der Waals surface area contributed by atoms with Gasteiger partial charge in [-0.15, -0.1) is 0 Å². The molecule has 3 aromatic carbocycles. The number of benzene rings is 3. The maximum atomic E-state index is 11.8. The molecule has 4 rings (SSSR count). The third-order valence-electron chi connectivity index (χ3n) is 5.49. The number of hydrogen-bond donors (Lipinski definition) is 2. The van der Waals surface area contributed by atoms with Gasteiger partial charge in [0.15, 0.2) is 0 Å². The molecule has 5 heteroatoms. The lowest BCUT2D eigenvalue weighted by Crippen LogP contribution is -2.02. The highest BCUT2D eigenvalue weighted by atomic mass is 16.5. The monoisotopic (exact) mass is 438 g/mol. The minimum Gasteiger partial charge on any atom is -0.478 e. The lowest BCUT2D eigenvalue weighted by Gasteiger charge is -2.12. The van der Waals surface area contributed by atoms with Gasteiger partial charge in [0, 0.05) is 18.2 Å². The van der Waals surface area contributed by atoms with Gasteiger partial charge in [0.25, 0.3) is 0 Å². The maximum Gasteiger partial charge on any atom is 0.336 e. The fraction of sp³-hybridized carbons (Fsp3) is 0.143. The van der Waals surface area contributed by atoms with Gasteiger partial charge in [-0.05, 0) is 71.5 Å². The zero-order valence-corrected chi connectivity index (χ0v) is 18.7. The highest BCUT2D eigenvalue weighted by molar-refractivity contribution is 5.95. The number of carboxylic acids is 1. The molecule has 0 bridgehead atoms. The number of carboxylic acid groups (broad SMARTS) is 1. The number of hydrogen-bond acceptors (Lipinski definition) is 4. The Morgan fingerprint density at radius 3 is 2.52 bits per heavy atom. The van der Waals surface area contributed by atoms with Crippen LogP contribution in [0.1, 0.15) is 34.0 Å². The lowest BCUT2D eigenvalue weighted by atomic mass is 10.00. The van der Waals surface area contributed by atoms with E-state index in [9.17, 15) is 9.90 Å². The molecular formula is C28H26N2O3. The van der Waals surface area contributed by atoms with Crippen LogP contribution in [-0.4, -0.2) is 16.1 Å². The molecule has 0 aliphatic rings. The summed E-state index contributed by atoms with van der Waals surface area (Å²) in [5.41, 5.74) is 12.3. The number of aromatic nitrogens is 1. The van der Waals surface area contributed by atoms with Crippen molar-refractivity contribution < 1.29 is 14.6 Å². The van der Waals surface area contributed by atoms with Crippen molar-refractivity contribution in [2.75, 3.05) is 0 Å². The number of rotatable bonds is 7. The molecule has 0 fully saturated rings. The van der Waals surface area contributed by atoms with Crippen molar-refractivity contribution in [2.45, 2.75) is 26.8 Å². The smallest absolute Gasteiger partial charge is 0.336 e. The summed E-state index contributed by atoms with van der Waals surface area (Å²) in [5.74, 6) is 0.0831. The van der Waals surface area contributed by atoms with Crippen molar-refractivity contribution in [3.63, 3.8) is 0 Å². The zero-order valence-electron chi connectivity index (χ0n) is 18.7. The minimum absolute atomic E-state index is 0.233. The normalized spacial score (nSPS) is 10.8. The van der Waals surface area contributed by atoms with Crippen LogP contribution in [0.3, 0.4) is 0 Å². The molecule has 33 heavy (non-hydrogen) atoms. The van der Waals surface area contributed by atoms with Crippen molar-refractivity contribution in [1.29, 1.82) is 0 Å². The summed E-state index contributed by atoms with van der Waals surface area (Å²) in [6.07, 6.45) is 0.765. The summed E-state index contributed by atoms with van der Waals surface area (Å²) in [5, 5.41) is 9.69. The second kappa shape index (κ2) is 9.67. The lowest BCUT2D eigenvalue weighted by molar-refractivity contribution is 0.0697. The maximum absolute atomic E-state index is 11.8. The highest BCUT2D eigenvalue weighted by Crippen LogP contribution is 2.31. The second-order valence-corrected chi connectivity index (χ2v) is 7.94. The van der Waals surface area contributed by atoms with Crippen LogP contribution in [0.15, 0.2) is 78.9 Å². The van der Waals surface area contributed by atoms with E-state index in [-0.39, 0.29) is 5.56 Å². The van der Waals surface area contributed by atoms with Crippen molar-refractivity contribution in [1.82, 2.24) is 4.98 Å². The molecule has 0 saturated carbocycles. The van der Waals surface area contributed by atoms with Crippen LogP contribution in [0.25, 0.3) is 22.4 Å². The Morgan fingerprint density at radius 1 is 0.939 bits per heavy atom. The van der Waals surface area contributed by atoms with Gasteiger partial charge in [-0.25, -0.2) is 9.78 Å². The number of pyridine rings is 1. The van der Waals surface area contributed by atoms with Gasteiger partial charge in [-0.1, -0.05) is 49.4 Å². The predicted octanol–water partition coefficient (Wildman–Crippen LogP) is 6.24. The summed E-state index contributed by atoms with van der Waals surface area (Å²) in [4.78, 5) is 16.4. The standard InChI is InChI=1S/C28H26N2O3/c1-3-19-10-11-24(25(15-19)28(31)32)26-8-5-9-27(30-26)33-23-13-18(2)12-22(16-23)21-7-4-6-20(14-21)17-29/h4-16H,3,17,29H2,1-2H3,(H,31,32). The number of carbonyl (C=O) groups is 1. The van der Waals surface area contributed by atoms with Crippen LogP contribution >= 0.6 is 0 Å². The molecular weight excluding hydrogens is 412 g/mol. The van der Waals surface area contributed by atoms with Crippen LogP contribution in [-0.2, 0) is 13.0 Å². The number of ether oxygens (including phenoxy) is 1. The van der Waals surface area contributed by atoms with Crippen LogP contribution < -0.4 is 10.5 Å². The largest absolute Gasteiger partial charge is 0.478 e. The van der Waals surface area contributed by atoms with Crippen LogP contribution in [0.4, 0.5) is 0 Å². The summed E-state index contributed by atoms with van der Waals surface area (Å²) in [6, 6.07) is 25.0. The van der Waals surface area contributed by atoms with E-state index >= 15 is 0 Å². The molecule has 0 amide bonds. The Labute approximate surface area is 193 Å². The number of nitrogens with two attached hydrogens (primary N) is 1. The average molecular weight is 439 g/mol. The average Bonchev–Trinajstić information content (AvgIpc) is 2.83. The summed E-state index contributed by atoms with van der Waals surface area (Å²) in [7, 11) is 0. The SMILES string of the molecule is CCc1ccc(-c2cccc(Oc3cc(C)cc(-c4cccc(CN)c4)c3)n2)c(C(=O)O)c1. The predicted molar refractivity (Wildman–Crippen MR) is 131 cm³/mol. The molecule has 0 saturated heterocycles. The molecule has 166 valence electrons. The molecule has 0 aliphatic heterocycles. The van der Waals surface area contributed by atoms with E-state index in [1.165, 1.54) is 0 Å². The van der Waals surface area contributed by atoms with Crippen LogP contribution in [0.5, 0.6) is 11.6 Å². The van der Waals surface area contributed by atoms with Gasteiger partial charge in [-0.3, -0.25) is 0 Å². The third kappa shape index (κ3) is 5.10. The summed E-state index contributed by atoms with van der Waals surface area (Å²) in [6.45, 7) is 4.49. The van der Waals surface area contributed by atoms with E-state index in [1.807, 2.05) is 62.4 Å². The molecule has 0 atom stereocenters. The van der Waals surface area contributed by atoms with Gasteiger partial charge in [0.2, 0.25) is 5.88 Å². The van der Waals surface area contributed by atoms with Gasteiger partial charge in [-0.2, -0.15) is 0 Å². The Morgan fingerprint density at radius 2 is 1.76 bits per heavy atom. The van der Waals surface area contributed by atoms with E-state index in [1.54, 1.807) is 18.2 Å². The Balaban J connectivity index is 1.67. The molecule has 0 spiro atoms. The van der Waals surface area contributed by atoms with Crippen molar-refractivity contribution in [2.24, 2.45) is 5.73 Å². The van der Waals surface area contributed by atoms with E-state index in [2.05, 4.69) is 17.1 Å². The second-order valence-electron chi connectivity index (χ2n) is 7.94. The highest BCUT2D eigenvalue weighted by Gasteiger charge is 2.14. The molecule has 3 N–H and O–H groups in total. The van der Waals surface area contributed by atoms with Crippen molar-refractivity contribution in [3.8, 4) is 34.0 Å². The Hall–Kier alpha value is -3.96. The zero-order chi connectivity index (χ0) is 23.4.